The SMILES string of the molecule is CCO[C@@H]1OC(C(=O)N2CCCC2)=C[C@H](c2ccc(I)cc2)[C@@H]1CCCO. The summed E-state index contributed by atoms with van der Waals surface area (Å²) in [6.07, 6.45) is 5.06. The highest BCUT2D eigenvalue weighted by atomic mass is 127. The maximum Gasteiger partial charge on any atom is 0.288 e. The van der Waals surface area contributed by atoms with Crippen molar-refractivity contribution in [3.63, 3.8) is 0 Å². The number of nitrogens with zero attached hydrogens (tertiary/aromatic N) is 1. The number of carbonyl (C=O) groups excluding carboxylic acids is 1. The molecule has 6 heteroatoms. The van der Waals surface area contributed by atoms with Gasteiger partial charge in [-0.05, 0) is 79.0 Å². The Hall–Kier alpha value is -1.12. The molecule has 3 atom stereocenters. The van der Waals surface area contributed by atoms with Gasteiger partial charge >= 0.3 is 0 Å². The monoisotopic (exact) mass is 485 g/mol. The number of rotatable bonds is 7. The van der Waals surface area contributed by atoms with Gasteiger partial charge in [-0.3, -0.25) is 4.79 Å². The summed E-state index contributed by atoms with van der Waals surface area (Å²) in [5.41, 5.74) is 1.15. The van der Waals surface area contributed by atoms with Crippen LogP contribution in [-0.4, -0.2) is 48.5 Å². The highest BCUT2D eigenvalue weighted by Crippen LogP contribution is 2.40. The van der Waals surface area contributed by atoms with E-state index in [2.05, 4.69) is 46.9 Å². The molecule has 2 aliphatic heterocycles. The minimum Gasteiger partial charge on any atom is -0.459 e. The fourth-order valence-corrected chi connectivity index (χ4v) is 4.26. The van der Waals surface area contributed by atoms with Crippen LogP contribution in [0, 0.1) is 9.49 Å². The number of halogens is 1. The van der Waals surface area contributed by atoms with E-state index in [1.54, 1.807) is 0 Å². The largest absolute Gasteiger partial charge is 0.459 e. The molecule has 1 N–H and O–H groups in total. The van der Waals surface area contributed by atoms with Crippen molar-refractivity contribution in [3.8, 4) is 0 Å². The second kappa shape index (κ2) is 9.89. The Labute approximate surface area is 174 Å². The molecule has 2 aliphatic rings. The zero-order chi connectivity index (χ0) is 19.2. The minimum absolute atomic E-state index is 0.0282. The third-order valence-electron chi connectivity index (χ3n) is 5.27. The average Bonchev–Trinajstić information content (AvgIpc) is 3.21. The van der Waals surface area contributed by atoms with Crippen LogP contribution in [0.4, 0.5) is 0 Å². The van der Waals surface area contributed by atoms with Gasteiger partial charge in [-0.15, -0.1) is 0 Å². The highest BCUT2D eigenvalue weighted by Gasteiger charge is 2.39. The molecule has 0 radical (unpaired) electrons. The normalized spacial score (nSPS) is 25.2. The zero-order valence-corrected chi connectivity index (χ0v) is 17.9. The summed E-state index contributed by atoms with van der Waals surface area (Å²) in [5.74, 6) is 0.458. The quantitative estimate of drug-likeness (QED) is 0.600. The molecular formula is C21H28INO4. The Balaban J connectivity index is 1.93. The van der Waals surface area contributed by atoms with Crippen molar-refractivity contribution in [1.29, 1.82) is 0 Å². The van der Waals surface area contributed by atoms with Crippen molar-refractivity contribution in [1.82, 2.24) is 4.90 Å². The number of hydrogen-bond donors (Lipinski definition) is 1. The number of aliphatic hydroxyl groups is 1. The lowest BCUT2D eigenvalue weighted by Gasteiger charge is -2.37. The van der Waals surface area contributed by atoms with Gasteiger partial charge in [0.05, 0.1) is 0 Å². The Bertz CT molecular complexity index is 655. The van der Waals surface area contributed by atoms with Crippen LogP contribution in [0.25, 0.3) is 0 Å². The first-order valence-electron chi connectivity index (χ1n) is 9.79. The number of allylic oxidation sites excluding steroid dienone is 1. The van der Waals surface area contributed by atoms with Crippen molar-refractivity contribution < 1.29 is 19.4 Å². The third-order valence-corrected chi connectivity index (χ3v) is 5.99. The summed E-state index contributed by atoms with van der Waals surface area (Å²) in [6, 6.07) is 8.39. The molecule has 1 aromatic rings. The third kappa shape index (κ3) is 5.03. The molecule has 1 aromatic carbocycles. The first-order chi connectivity index (χ1) is 13.1. The van der Waals surface area contributed by atoms with Gasteiger partial charge in [0.25, 0.3) is 5.91 Å². The molecule has 3 rings (SSSR count). The highest BCUT2D eigenvalue weighted by molar-refractivity contribution is 14.1. The zero-order valence-electron chi connectivity index (χ0n) is 15.8. The maximum atomic E-state index is 12.9. The summed E-state index contributed by atoms with van der Waals surface area (Å²) >= 11 is 2.29. The van der Waals surface area contributed by atoms with Crippen LogP contribution in [0.15, 0.2) is 36.1 Å². The summed E-state index contributed by atoms with van der Waals surface area (Å²) in [7, 11) is 0. The van der Waals surface area contributed by atoms with E-state index in [4.69, 9.17) is 9.47 Å². The summed E-state index contributed by atoms with van der Waals surface area (Å²) in [4.78, 5) is 14.8. The predicted octanol–water partition coefficient (Wildman–Crippen LogP) is 3.66. The Morgan fingerprint density at radius 2 is 2.00 bits per heavy atom. The molecule has 148 valence electrons. The van der Waals surface area contributed by atoms with E-state index in [1.807, 2.05) is 17.9 Å². The maximum absolute atomic E-state index is 12.9. The van der Waals surface area contributed by atoms with Gasteiger partial charge in [0, 0.05) is 41.7 Å². The van der Waals surface area contributed by atoms with E-state index in [9.17, 15) is 9.90 Å². The molecular weight excluding hydrogens is 457 g/mol. The van der Waals surface area contributed by atoms with Crippen LogP contribution >= 0.6 is 22.6 Å². The number of likely N-dealkylation sites (tertiary alicyclic amines) is 1. The molecule has 2 heterocycles. The fraction of sp³-hybridized carbons (Fsp3) is 0.571. The predicted molar refractivity (Wildman–Crippen MR) is 112 cm³/mol. The van der Waals surface area contributed by atoms with Crippen LogP contribution < -0.4 is 0 Å². The fourth-order valence-electron chi connectivity index (χ4n) is 3.90. The van der Waals surface area contributed by atoms with Crippen molar-refractivity contribution in [2.45, 2.75) is 44.8 Å². The molecule has 0 spiro atoms. The second-order valence-electron chi connectivity index (χ2n) is 7.08. The van der Waals surface area contributed by atoms with Gasteiger partial charge in [-0.25, -0.2) is 0 Å². The molecule has 0 aliphatic carbocycles. The lowest BCUT2D eigenvalue weighted by atomic mass is 9.80. The molecule has 0 saturated carbocycles. The molecule has 5 nitrogen and oxygen atoms in total. The molecule has 27 heavy (non-hydrogen) atoms. The topological polar surface area (TPSA) is 59.0 Å². The van der Waals surface area contributed by atoms with E-state index in [1.165, 1.54) is 3.57 Å². The number of benzene rings is 1. The Morgan fingerprint density at radius 1 is 1.30 bits per heavy atom. The van der Waals surface area contributed by atoms with E-state index in [0.29, 0.717) is 18.8 Å². The van der Waals surface area contributed by atoms with Gasteiger partial charge in [-0.2, -0.15) is 0 Å². The van der Waals surface area contributed by atoms with Gasteiger partial charge in [-0.1, -0.05) is 12.1 Å². The van der Waals surface area contributed by atoms with Crippen LogP contribution in [0.5, 0.6) is 0 Å². The number of aliphatic hydroxyl groups excluding tert-OH is 1. The van der Waals surface area contributed by atoms with Crippen molar-refractivity contribution >= 4 is 28.5 Å². The van der Waals surface area contributed by atoms with Crippen molar-refractivity contribution in [2.75, 3.05) is 26.3 Å². The van der Waals surface area contributed by atoms with Gasteiger partial charge in [0.1, 0.15) is 0 Å². The van der Waals surface area contributed by atoms with Crippen LogP contribution in [0.3, 0.4) is 0 Å². The lowest BCUT2D eigenvalue weighted by molar-refractivity contribution is -0.170. The Morgan fingerprint density at radius 3 is 2.63 bits per heavy atom. The van der Waals surface area contributed by atoms with Crippen LogP contribution in [0.2, 0.25) is 0 Å². The van der Waals surface area contributed by atoms with Gasteiger partial charge < -0.3 is 19.5 Å². The van der Waals surface area contributed by atoms with E-state index >= 15 is 0 Å². The van der Waals surface area contributed by atoms with Crippen molar-refractivity contribution in [2.24, 2.45) is 5.92 Å². The smallest absolute Gasteiger partial charge is 0.288 e. The summed E-state index contributed by atoms with van der Waals surface area (Å²) in [5, 5.41) is 9.33. The van der Waals surface area contributed by atoms with Gasteiger partial charge in [0.15, 0.2) is 5.76 Å². The van der Waals surface area contributed by atoms with Crippen molar-refractivity contribution in [3.05, 3.63) is 45.2 Å². The molecule has 0 aromatic heterocycles. The van der Waals surface area contributed by atoms with Gasteiger partial charge in [0.2, 0.25) is 6.29 Å². The number of ether oxygens (including phenoxy) is 2. The second-order valence-corrected chi connectivity index (χ2v) is 8.32. The molecule has 1 fully saturated rings. The minimum atomic E-state index is -0.475. The number of amides is 1. The first-order valence-corrected chi connectivity index (χ1v) is 10.9. The molecule has 0 bridgehead atoms. The number of hydrogen-bond acceptors (Lipinski definition) is 4. The van der Waals surface area contributed by atoms with E-state index < -0.39 is 6.29 Å². The summed E-state index contributed by atoms with van der Waals surface area (Å²) < 4.78 is 13.1. The Kier molecular flexibility index (Phi) is 7.55. The average molecular weight is 485 g/mol. The first kappa shape index (κ1) is 20.6. The van der Waals surface area contributed by atoms with E-state index in [-0.39, 0.29) is 24.3 Å². The number of carbonyl (C=O) groups is 1. The van der Waals surface area contributed by atoms with E-state index in [0.717, 1.165) is 37.9 Å². The lowest BCUT2D eigenvalue weighted by Crippen LogP contribution is -2.39. The molecule has 1 amide bonds. The molecule has 1 saturated heterocycles. The standard InChI is InChI=1S/C21H28INO4/c1-2-26-21-17(6-5-13-24)18(15-7-9-16(22)10-8-15)14-19(27-21)20(25)23-11-3-4-12-23/h7-10,14,17-18,21,24H,2-6,11-13H2,1H3/t17-,18+,21+/m0/s1. The van der Waals surface area contributed by atoms with Crippen LogP contribution in [0.1, 0.15) is 44.1 Å². The summed E-state index contributed by atoms with van der Waals surface area (Å²) in [6.45, 7) is 4.18. The molecule has 0 unspecified atom stereocenters. The van der Waals surface area contributed by atoms with Crippen LogP contribution in [-0.2, 0) is 14.3 Å².